The third kappa shape index (κ3) is 3.97. The summed E-state index contributed by atoms with van der Waals surface area (Å²) >= 11 is 0. The fourth-order valence-electron chi connectivity index (χ4n) is 1.89. The largest absolute Gasteiger partial charge is 0.313 e. The molecule has 1 N–H and O–H groups in total. The van der Waals surface area contributed by atoms with E-state index in [2.05, 4.69) is 37.4 Å². The van der Waals surface area contributed by atoms with E-state index >= 15 is 0 Å². The van der Waals surface area contributed by atoms with Crippen molar-refractivity contribution < 1.29 is 0 Å². The van der Waals surface area contributed by atoms with Gasteiger partial charge in [-0.2, -0.15) is 5.10 Å². The molecule has 0 aliphatic carbocycles. The summed E-state index contributed by atoms with van der Waals surface area (Å²) in [5.74, 6) is 0.765. The van der Waals surface area contributed by atoms with E-state index in [1.165, 1.54) is 18.4 Å². The molecule has 16 heavy (non-hydrogen) atoms. The fraction of sp³-hybridized carbons (Fsp3) is 0.769. The maximum atomic E-state index is 4.38. The minimum absolute atomic E-state index is 0.452. The quantitative estimate of drug-likeness (QED) is 0.770. The Kier molecular flexibility index (Phi) is 5.53. The van der Waals surface area contributed by atoms with Crippen LogP contribution in [0.25, 0.3) is 0 Å². The van der Waals surface area contributed by atoms with E-state index in [0.717, 1.165) is 18.9 Å². The van der Waals surface area contributed by atoms with Gasteiger partial charge in [0.05, 0.1) is 6.20 Å². The zero-order valence-electron chi connectivity index (χ0n) is 11.0. The first-order chi connectivity index (χ1) is 7.67. The van der Waals surface area contributed by atoms with Crippen molar-refractivity contribution in [2.45, 2.75) is 52.6 Å². The van der Waals surface area contributed by atoms with Gasteiger partial charge in [-0.25, -0.2) is 0 Å². The van der Waals surface area contributed by atoms with Gasteiger partial charge in [0.15, 0.2) is 0 Å². The first-order valence-electron chi connectivity index (χ1n) is 6.37. The van der Waals surface area contributed by atoms with E-state index in [1.807, 2.05) is 17.9 Å². The molecule has 3 nitrogen and oxygen atoms in total. The van der Waals surface area contributed by atoms with Crippen molar-refractivity contribution in [3.8, 4) is 0 Å². The summed E-state index contributed by atoms with van der Waals surface area (Å²) in [5, 5.41) is 7.75. The lowest BCUT2D eigenvalue weighted by Crippen LogP contribution is -2.16. The molecule has 0 saturated carbocycles. The fourth-order valence-corrected chi connectivity index (χ4v) is 1.89. The maximum absolute atomic E-state index is 4.38. The SMILES string of the molecule is CCCn1cc(C(CCC(C)C)NC)cn1. The van der Waals surface area contributed by atoms with Gasteiger partial charge in [-0.1, -0.05) is 20.8 Å². The zero-order valence-corrected chi connectivity index (χ0v) is 11.0. The number of nitrogens with zero attached hydrogens (tertiary/aromatic N) is 2. The number of aromatic nitrogens is 2. The number of hydrogen-bond donors (Lipinski definition) is 1. The average molecular weight is 223 g/mol. The van der Waals surface area contributed by atoms with Crippen LogP contribution < -0.4 is 5.32 Å². The van der Waals surface area contributed by atoms with Crippen LogP contribution in [0.15, 0.2) is 12.4 Å². The van der Waals surface area contributed by atoms with E-state index in [1.54, 1.807) is 0 Å². The molecule has 0 fully saturated rings. The van der Waals surface area contributed by atoms with Crippen LogP contribution in [0.1, 0.15) is 51.6 Å². The molecule has 92 valence electrons. The highest BCUT2D eigenvalue weighted by Crippen LogP contribution is 2.20. The van der Waals surface area contributed by atoms with Crippen molar-refractivity contribution in [2.75, 3.05) is 7.05 Å². The number of rotatable bonds is 7. The Labute approximate surface area is 99.2 Å². The Hall–Kier alpha value is -0.830. The molecule has 0 aliphatic rings. The molecular formula is C13H25N3. The van der Waals surface area contributed by atoms with Gasteiger partial charge in [0.1, 0.15) is 0 Å². The van der Waals surface area contributed by atoms with Crippen LogP contribution in [0.4, 0.5) is 0 Å². The van der Waals surface area contributed by atoms with Gasteiger partial charge in [-0.05, 0) is 32.2 Å². The topological polar surface area (TPSA) is 29.9 Å². The second-order valence-electron chi connectivity index (χ2n) is 4.85. The first-order valence-corrected chi connectivity index (χ1v) is 6.37. The molecular weight excluding hydrogens is 198 g/mol. The Balaban J connectivity index is 2.56. The molecule has 1 unspecified atom stereocenters. The van der Waals surface area contributed by atoms with Crippen LogP contribution in [0.2, 0.25) is 0 Å². The molecule has 0 aromatic carbocycles. The van der Waals surface area contributed by atoms with Gasteiger partial charge in [0, 0.05) is 24.3 Å². The minimum atomic E-state index is 0.452. The molecule has 0 amide bonds. The Morgan fingerprint density at radius 1 is 1.38 bits per heavy atom. The molecule has 0 saturated heterocycles. The van der Waals surface area contributed by atoms with Crippen LogP contribution in [0.3, 0.4) is 0 Å². The molecule has 1 heterocycles. The van der Waals surface area contributed by atoms with E-state index in [-0.39, 0.29) is 0 Å². The average Bonchev–Trinajstić information content (AvgIpc) is 2.68. The molecule has 0 aliphatic heterocycles. The van der Waals surface area contributed by atoms with Gasteiger partial charge < -0.3 is 5.32 Å². The zero-order chi connectivity index (χ0) is 12.0. The summed E-state index contributed by atoms with van der Waals surface area (Å²) < 4.78 is 2.04. The number of hydrogen-bond acceptors (Lipinski definition) is 2. The summed E-state index contributed by atoms with van der Waals surface area (Å²) in [5.41, 5.74) is 1.32. The Morgan fingerprint density at radius 3 is 2.69 bits per heavy atom. The lowest BCUT2D eigenvalue weighted by molar-refractivity contribution is 0.464. The van der Waals surface area contributed by atoms with Gasteiger partial charge in [0.25, 0.3) is 0 Å². The van der Waals surface area contributed by atoms with Crippen molar-refractivity contribution in [1.29, 1.82) is 0 Å². The van der Waals surface area contributed by atoms with Crippen molar-refractivity contribution in [2.24, 2.45) is 5.92 Å². The summed E-state index contributed by atoms with van der Waals surface area (Å²) in [7, 11) is 2.03. The Bertz CT molecular complexity index is 291. The van der Waals surface area contributed by atoms with Gasteiger partial charge >= 0.3 is 0 Å². The third-order valence-electron chi connectivity index (χ3n) is 2.89. The lowest BCUT2D eigenvalue weighted by Gasteiger charge is -2.15. The summed E-state index contributed by atoms with van der Waals surface area (Å²) in [6.07, 6.45) is 7.75. The summed E-state index contributed by atoms with van der Waals surface area (Å²) in [6.45, 7) is 7.73. The predicted molar refractivity (Wildman–Crippen MR) is 68.4 cm³/mol. The minimum Gasteiger partial charge on any atom is -0.313 e. The highest BCUT2D eigenvalue weighted by atomic mass is 15.3. The maximum Gasteiger partial charge on any atom is 0.0537 e. The van der Waals surface area contributed by atoms with Crippen molar-refractivity contribution >= 4 is 0 Å². The molecule has 0 bridgehead atoms. The van der Waals surface area contributed by atoms with E-state index in [0.29, 0.717) is 6.04 Å². The molecule has 1 aromatic rings. The van der Waals surface area contributed by atoms with E-state index in [4.69, 9.17) is 0 Å². The molecule has 0 spiro atoms. The van der Waals surface area contributed by atoms with Crippen LogP contribution in [-0.2, 0) is 6.54 Å². The molecule has 1 rings (SSSR count). The number of aryl methyl sites for hydroxylation is 1. The van der Waals surface area contributed by atoms with E-state index in [9.17, 15) is 0 Å². The van der Waals surface area contributed by atoms with Crippen molar-refractivity contribution in [3.05, 3.63) is 18.0 Å². The summed E-state index contributed by atoms with van der Waals surface area (Å²) in [6, 6.07) is 0.452. The molecule has 1 atom stereocenters. The van der Waals surface area contributed by atoms with Gasteiger partial charge in [-0.15, -0.1) is 0 Å². The first kappa shape index (κ1) is 13.2. The Morgan fingerprint density at radius 2 is 2.12 bits per heavy atom. The molecule has 1 aromatic heterocycles. The van der Waals surface area contributed by atoms with Gasteiger partial charge in [0.2, 0.25) is 0 Å². The number of nitrogens with one attached hydrogen (secondary N) is 1. The van der Waals surface area contributed by atoms with Gasteiger partial charge in [-0.3, -0.25) is 4.68 Å². The van der Waals surface area contributed by atoms with Crippen LogP contribution in [-0.4, -0.2) is 16.8 Å². The standard InChI is InChI=1S/C13H25N3/c1-5-8-16-10-12(9-15-16)13(14-4)7-6-11(2)3/h9-11,13-14H,5-8H2,1-4H3. The van der Waals surface area contributed by atoms with Crippen LogP contribution in [0.5, 0.6) is 0 Å². The second kappa shape index (κ2) is 6.69. The highest BCUT2D eigenvalue weighted by molar-refractivity contribution is 5.10. The smallest absolute Gasteiger partial charge is 0.0537 e. The van der Waals surface area contributed by atoms with E-state index < -0.39 is 0 Å². The van der Waals surface area contributed by atoms with Crippen molar-refractivity contribution in [3.63, 3.8) is 0 Å². The normalized spacial score (nSPS) is 13.3. The third-order valence-corrected chi connectivity index (χ3v) is 2.89. The van der Waals surface area contributed by atoms with Crippen LogP contribution in [0, 0.1) is 5.92 Å². The van der Waals surface area contributed by atoms with Crippen LogP contribution >= 0.6 is 0 Å². The van der Waals surface area contributed by atoms with Crippen molar-refractivity contribution in [1.82, 2.24) is 15.1 Å². The molecule has 3 heteroatoms. The lowest BCUT2D eigenvalue weighted by atomic mass is 10.00. The second-order valence-corrected chi connectivity index (χ2v) is 4.85. The molecule has 0 radical (unpaired) electrons. The summed E-state index contributed by atoms with van der Waals surface area (Å²) in [4.78, 5) is 0. The highest BCUT2D eigenvalue weighted by Gasteiger charge is 2.11. The predicted octanol–water partition coefficient (Wildman–Crippen LogP) is 2.99. The monoisotopic (exact) mass is 223 g/mol.